The molecule has 0 aromatic carbocycles. The second kappa shape index (κ2) is 15.5. The minimum atomic E-state index is -0.152. The number of halogens is 1. The van der Waals surface area contributed by atoms with Gasteiger partial charge in [0.25, 0.3) is 0 Å². The maximum atomic E-state index is 11.3. The standard InChI is InChI=1S/C19H39N5O.HI/c1-4-5-6-7-10-16(2)23-19(21-3)22-12-9-14-24-13-8-11-17(15-24)18(20)25;/h16-17H,4-15H2,1-3H3,(H2,20,25)(H2,21,22,23);1H. The summed E-state index contributed by atoms with van der Waals surface area (Å²) < 4.78 is 0. The summed E-state index contributed by atoms with van der Waals surface area (Å²) in [4.78, 5) is 18.0. The van der Waals surface area contributed by atoms with Gasteiger partial charge in [-0.2, -0.15) is 0 Å². The monoisotopic (exact) mass is 481 g/mol. The lowest BCUT2D eigenvalue weighted by Gasteiger charge is -2.31. The van der Waals surface area contributed by atoms with Crippen LogP contribution in [0.5, 0.6) is 0 Å². The number of rotatable bonds is 11. The molecule has 1 saturated heterocycles. The van der Waals surface area contributed by atoms with E-state index in [1.54, 1.807) is 0 Å². The number of piperidine rings is 1. The van der Waals surface area contributed by atoms with Crippen molar-refractivity contribution in [3.63, 3.8) is 0 Å². The fourth-order valence-electron chi connectivity index (χ4n) is 3.38. The van der Waals surface area contributed by atoms with E-state index in [1.165, 1.54) is 32.1 Å². The normalized spacial score (nSPS) is 19.5. The molecule has 1 aliphatic rings. The third-order valence-corrected chi connectivity index (χ3v) is 4.95. The molecule has 1 amide bonds. The van der Waals surface area contributed by atoms with Crippen LogP contribution in [0, 0.1) is 5.92 Å². The second-order valence-electron chi connectivity index (χ2n) is 7.29. The highest BCUT2D eigenvalue weighted by atomic mass is 127. The molecule has 0 radical (unpaired) electrons. The largest absolute Gasteiger partial charge is 0.369 e. The summed E-state index contributed by atoms with van der Waals surface area (Å²) in [5.74, 6) is 0.765. The van der Waals surface area contributed by atoms with Gasteiger partial charge >= 0.3 is 0 Å². The van der Waals surface area contributed by atoms with Crippen LogP contribution >= 0.6 is 24.0 Å². The van der Waals surface area contributed by atoms with Crippen LogP contribution in [0.25, 0.3) is 0 Å². The molecule has 6 nitrogen and oxygen atoms in total. The Balaban J connectivity index is 0.00000625. The Labute approximate surface area is 177 Å². The van der Waals surface area contributed by atoms with Crippen LogP contribution in [0.1, 0.15) is 65.2 Å². The molecule has 0 aromatic heterocycles. The maximum absolute atomic E-state index is 11.3. The van der Waals surface area contributed by atoms with Gasteiger partial charge in [-0.15, -0.1) is 24.0 Å². The highest BCUT2D eigenvalue weighted by Gasteiger charge is 2.23. The molecule has 4 N–H and O–H groups in total. The number of hydrogen-bond acceptors (Lipinski definition) is 3. The first-order chi connectivity index (χ1) is 12.1. The van der Waals surface area contributed by atoms with Crippen molar-refractivity contribution in [2.75, 3.05) is 33.2 Å². The minimum Gasteiger partial charge on any atom is -0.369 e. The van der Waals surface area contributed by atoms with Gasteiger partial charge in [-0.1, -0.05) is 32.6 Å². The zero-order valence-electron chi connectivity index (χ0n) is 16.9. The number of nitrogens with two attached hydrogens (primary N) is 1. The first-order valence-corrected chi connectivity index (χ1v) is 10.1. The van der Waals surface area contributed by atoms with E-state index in [-0.39, 0.29) is 35.8 Å². The van der Waals surface area contributed by atoms with Crippen LogP contribution < -0.4 is 16.4 Å². The van der Waals surface area contributed by atoms with Gasteiger partial charge in [-0.05, 0) is 45.7 Å². The molecule has 7 heteroatoms. The highest BCUT2D eigenvalue weighted by Crippen LogP contribution is 2.15. The second-order valence-corrected chi connectivity index (χ2v) is 7.29. The van der Waals surface area contributed by atoms with Gasteiger partial charge in [0, 0.05) is 26.2 Å². The first-order valence-electron chi connectivity index (χ1n) is 10.1. The predicted octanol–water partition coefficient (Wildman–Crippen LogP) is 2.72. The average molecular weight is 481 g/mol. The van der Waals surface area contributed by atoms with Crippen molar-refractivity contribution in [3.8, 4) is 0 Å². The summed E-state index contributed by atoms with van der Waals surface area (Å²) in [5, 5.41) is 6.86. The van der Waals surface area contributed by atoms with Gasteiger partial charge in [0.1, 0.15) is 0 Å². The molecule has 26 heavy (non-hydrogen) atoms. The molecule has 1 aliphatic heterocycles. The van der Waals surface area contributed by atoms with Gasteiger partial charge in [0.15, 0.2) is 5.96 Å². The SMILES string of the molecule is CCCCCCC(C)NC(=NC)NCCCN1CCCC(C(N)=O)C1.I. The number of likely N-dealkylation sites (tertiary alicyclic amines) is 1. The fourth-order valence-corrected chi connectivity index (χ4v) is 3.38. The van der Waals surface area contributed by atoms with Crippen molar-refractivity contribution in [2.45, 2.75) is 71.3 Å². The Bertz CT molecular complexity index is 405. The summed E-state index contributed by atoms with van der Waals surface area (Å²) in [6.07, 6.45) is 9.43. The molecule has 2 atom stereocenters. The number of primary amides is 1. The van der Waals surface area contributed by atoms with E-state index in [0.717, 1.165) is 51.4 Å². The van der Waals surface area contributed by atoms with E-state index in [9.17, 15) is 4.79 Å². The summed E-state index contributed by atoms with van der Waals surface area (Å²) in [7, 11) is 1.82. The molecular formula is C19H40IN5O. The quantitative estimate of drug-likeness (QED) is 0.184. The van der Waals surface area contributed by atoms with E-state index in [2.05, 4.69) is 34.4 Å². The molecule has 0 bridgehead atoms. The van der Waals surface area contributed by atoms with E-state index < -0.39 is 0 Å². The predicted molar refractivity (Wildman–Crippen MR) is 121 cm³/mol. The van der Waals surface area contributed by atoms with Crippen molar-refractivity contribution in [3.05, 3.63) is 0 Å². The zero-order valence-corrected chi connectivity index (χ0v) is 19.3. The van der Waals surface area contributed by atoms with E-state index >= 15 is 0 Å². The number of aliphatic imine (C=N–C) groups is 1. The van der Waals surface area contributed by atoms with Crippen LogP contribution in [0.15, 0.2) is 4.99 Å². The zero-order chi connectivity index (χ0) is 18.5. The first kappa shape index (κ1) is 25.4. The third-order valence-electron chi connectivity index (χ3n) is 4.95. The molecule has 0 aromatic rings. The van der Waals surface area contributed by atoms with Crippen molar-refractivity contribution in [1.29, 1.82) is 0 Å². The maximum Gasteiger partial charge on any atom is 0.221 e. The Morgan fingerprint density at radius 2 is 2.08 bits per heavy atom. The summed E-state index contributed by atoms with van der Waals surface area (Å²) >= 11 is 0. The van der Waals surface area contributed by atoms with Crippen molar-refractivity contribution < 1.29 is 4.79 Å². The molecule has 1 fully saturated rings. The van der Waals surface area contributed by atoms with E-state index in [4.69, 9.17) is 5.73 Å². The number of nitrogens with one attached hydrogen (secondary N) is 2. The number of carbonyl (C=O) groups excluding carboxylic acids is 1. The number of amides is 1. The van der Waals surface area contributed by atoms with Crippen LogP contribution in [-0.2, 0) is 4.79 Å². The highest BCUT2D eigenvalue weighted by molar-refractivity contribution is 14.0. The van der Waals surface area contributed by atoms with Crippen LogP contribution in [0.3, 0.4) is 0 Å². The van der Waals surface area contributed by atoms with Gasteiger partial charge in [0.2, 0.25) is 5.91 Å². The molecule has 0 aliphatic carbocycles. The lowest BCUT2D eigenvalue weighted by atomic mass is 9.97. The summed E-state index contributed by atoms with van der Waals surface area (Å²) in [5.41, 5.74) is 5.44. The average Bonchev–Trinajstić information content (AvgIpc) is 2.61. The number of guanidine groups is 1. The van der Waals surface area contributed by atoms with Gasteiger partial charge in [0.05, 0.1) is 5.92 Å². The van der Waals surface area contributed by atoms with Gasteiger partial charge in [-0.3, -0.25) is 9.79 Å². The van der Waals surface area contributed by atoms with Crippen LogP contribution in [-0.4, -0.2) is 56.0 Å². The van der Waals surface area contributed by atoms with Gasteiger partial charge in [-0.25, -0.2) is 0 Å². The number of hydrogen-bond donors (Lipinski definition) is 3. The smallest absolute Gasteiger partial charge is 0.221 e. The van der Waals surface area contributed by atoms with E-state index in [0.29, 0.717) is 6.04 Å². The molecule has 154 valence electrons. The van der Waals surface area contributed by atoms with Crippen LogP contribution in [0.2, 0.25) is 0 Å². The van der Waals surface area contributed by atoms with Crippen molar-refractivity contribution >= 4 is 35.8 Å². The van der Waals surface area contributed by atoms with Crippen LogP contribution in [0.4, 0.5) is 0 Å². The molecular weight excluding hydrogens is 441 g/mol. The lowest BCUT2D eigenvalue weighted by molar-refractivity contribution is -0.123. The van der Waals surface area contributed by atoms with Crippen molar-refractivity contribution in [2.24, 2.45) is 16.6 Å². The Hall–Kier alpha value is -0.570. The topological polar surface area (TPSA) is 82.8 Å². The van der Waals surface area contributed by atoms with Crippen molar-refractivity contribution in [1.82, 2.24) is 15.5 Å². The Morgan fingerprint density at radius 3 is 2.73 bits per heavy atom. The third kappa shape index (κ3) is 11.2. The number of unbranched alkanes of at least 4 members (excludes halogenated alkanes) is 3. The molecule has 2 unspecified atom stereocenters. The number of nitrogens with zero attached hydrogens (tertiary/aromatic N) is 2. The molecule has 1 rings (SSSR count). The number of carbonyl (C=O) groups is 1. The Kier molecular flexibility index (Phi) is 15.1. The lowest BCUT2D eigenvalue weighted by Crippen LogP contribution is -2.44. The Morgan fingerprint density at radius 1 is 1.31 bits per heavy atom. The molecule has 0 saturated carbocycles. The molecule has 0 spiro atoms. The fraction of sp³-hybridized carbons (Fsp3) is 0.895. The molecule has 1 heterocycles. The minimum absolute atomic E-state index is 0. The summed E-state index contributed by atoms with van der Waals surface area (Å²) in [6, 6.07) is 0.446. The summed E-state index contributed by atoms with van der Waals surface area (Å²) in [6.45, 7) is 8.24. The van der Waals surface area contributed by atoms with Gasteiger partial charge < -0.3 is 21.3 Å². The van der Waals surface area contributed by atoms with E-state index in [1.807, 2.05) is 7.05 Å².